The second-order valence-electron chi connectivity index (χ2n) is 1.64. The van der Waals surface area contributed by atoms with Gasteiger partial charge in [0.1, 0.15) is 0 Å². The molecule has 0 spiro atoms. The summed E-state index contributed by atoms with van der Waals surface area (Å²) in [6, 6.07) is 0. The van der Waals surface area contributed by atoms with Gasteiger partial charge in [0.2, 0.25) is 0 Å². The molecule has 0 saturated heterocycles. The standard InChI is InChI=1S/C7H14O2/c1-4-6-9-7(3)8-5-2/h4,7H,1,5-6H2,2-3H3. The summed E-state index contributed by atoms with van der Waals surface area (Å²) in [6.45, 7) is 8.57. The summed E-state index contributed by atoms with van der Waals surface area (Å²) in [4.78, 5) is 0. The highest BCUT2D eigenvalue weighted by atomic mass is 16.7. The van der Waals surface area contributed by atoms with E-state index in [1.807, 2.05) is 13.8 Å². The van der Waals surface area contributed by atoms with E-state index in [2.05, 4.69) is 6.58 Å². The minimum Gasteiger partial charge on any atom is -0.353 e. The zero-order valence-corrected chi connectivity index (χ0v) is 6.09. The monoisotopic (exact) mass is 130 g/mol. The van der Waals surface area contributed by atoms with Gasteiger partial charge in [0, 0.05) is 6.61 Å². The van der Waals surface area contributed by atoms with Gasteiger partial charge in [-0.15, -0.1) is 6.58 Å². The van der Waals surface area contributed by atoms with E-state index in [0.717, 1.165) is 0 Å². The summed E-state index contributed by atoms with van der Waals surface area (Å²) in [5.41, 5.74) is 0. The molecule has 0 radical (unpaired) electrons. The van der Waals surface area contributed by atoms with Crippen LogP contribution in [0.3, 0.4) is 0 Å². The van der Waals surface area contributed by atoms with Gasteiger partial charge in [-0.05, 0) is 13.8 Å². The third kappa shape index (κ3) is 5.53. The maximum atomic E-state index is 5.09. The van der Waals surface area contributed by atoms with Crippen molar-refractivity contribution in [2.45, 2.75) is 20.1 Å². The lowest BCUT2D eigenvalue weighted by Crippen LogP contribution is -2.12. The Morgan fingerprint density at radius 1 is 1.56 bits per heavy atom. The first-order chi connectivity index (χ1) is 4.31. The molecule has 0 rings (SSSR count). The first kappa shape index (κ1) is 8.66. The summed E-state index contributed by atoms with van der Waals surface area (Å²) in [7, 11) is 0. The van der Waals surface area contributed by atoms with Crippen LogP contribution >= 0.6 is 0 Å². The fourth-order valence-electron chi connectivity index (χ4n) is 0.486. The summed E-state index contributed by atoms with van der Waals surface area (Å²) >= 11 is 0. The van der Waals surface area contributed by atoms with Crippen LogP contribution in [-0.4, -0.2) is 19.5 Å². The molecule has 0 N–H and O–H groups in total. The van der Waals surface area contributed by atoms with Gasteiger partial charge in [-0.3, -0.25) is 0 Å². The lowest BCUT2D eigenvalue weighted by molar-refractivity contribution is -0.118. The van der Waals surface area contributed by atoms with E-state index in [1.54, 1.807) is 6.08 Å². The van der Waals surface area contributed by atoms with Crippen molar-refractivity contribution in [1.29, 1.82) is 0 Å². The van der Waals surface area contributed by atoms with E-state index >= 15 is 0 Å². The summed E-state index contributed by atoms with van der Waals surface area (Å²) in [6.07, 6.45) is 1.60. The molecule has 0 aromatic heterocycles. The molecule has 2 heteroatoms. The average Bonchev–Trinajstić information content (AvgIpc) is 1.85. The van der Waals surface area contributed by atoms with Crippen LogP contribution in [0.4, 0.5) is 0 Å². The molecule has 1 atom stereocenters. The van der Waals surface area contributed by atoms with Crippen LogP contribution < -0.4 is 0 Å². The van der Waals surface area contributed by atoms with Crippen molar-refractivity contribution in [3.8, 4) is 0 Å². The molecule has 0 saturated carbocycles. The largest absolute Gasteiger partial charge is 0.353 e. The Kier molecular flexibility index (Phi) is 5.57. The van der Waals surface area contributed by atoms with Crippen molar-refractivity contribution in [1.82, 2.24) is 0 Å². The van der Waals surface area contributed by atoms with Crippen molar-refractivity contribution < 1.29 is 9.47 Å². The minimum atomic E-state index is -0.104. The minimum absolute atomic E-state index is 0.104. The molecule has 0 amide bonds. The van der Waals surface area contributed by atoms with E-state index in [4.69, 9.17) is 9.47 Å². The van der Waals surface area contributed by atoms with Crippen molar-refractivity contribution in [3.63, 3.8) is 0 Å². The third-order valence-electron chi connectivity index (χ3n) is 0.850. The molecule has 0 bridgehead atoms. The van der Waals surface area contributed by atoms with Crippen LogP contribution in [-0.2, 0) is 9.47 Å². The predicted molar refractivity (Wildman–Crippen MR) is 37.2 cm³/mol. The Morgan fingerprint density at radius 2 is 2.22 bits per heavy atom. The second kappa shape index (κ2) is 5.79. The molecule has 0 aliphatic rings. The van der Waals surface area contributed by atoms with E-state index in [1.165, 1.54) is 0 Å². The molecule has 0 fully saturated rings. The van der Waals surface area contributed by atoms with Crippen molar-refractivity contribution in [3.05, 3.63) is 12.7 Å². The Morgan fingerprint density at radius 3 is 2.67 bits per heavy atom. The van der Waals surface area contributed by atoms with Gasteiger partial charge < -0.3 is 9.47 Å². The van der Waals surface area contributed by atoms with Crippen molar-refractivity contribution >= 4 is 0 Å². The smallest absolute Gasteiger partial charge is 0.155 e. The highest BCUT2D eigenvalue weighted by Gasteiger charge is 1.95. The molecule has 1 unspecified atom stereocenters. The molecule has 0 aromatic rings. The lowest BCUT2D eigenvalue weighted by atomic mass is 10.6. The summed E-state index contributed by atoms with van der Waals surface area (Å²) in [5, 5.41) is 0. The second-order valence-corrected chi connectivity index (χ2v) is 1.64. The topological polar surface area (TPSA) is 18.5 Å². The van der Waals surface area contributed by atoms with Crippen LogP contribution in [0.25, 0.3) is 0 Å². The first-order valence-electron chi connectivity index (χ1n) is 3.15. The Balaban J connectivity index is 3.04. The number of rotatable bonds is 5. The lowest BCUT2D eigenvalue weighted by Gasteiger charge is -2.09. The first-order valence-corrected chi connectivity index (χ1v) is 3.15. The van der Waals surface area contributed by atoms with Crippen LogP contribution in [0.1, 0.15) is 13.8 Å². The molecule has 54 valence electrons. The summed E-state index contributed by atoms with van der Waals surface area (Å²) < 4.78 is 10.2. The van der Waals surface area contributed by atoms with E-state index in [0.29, 0.717) is 13.2 Å². The molecule has 0 aliphatic carbocycles. The molecule has 0 aromatic carbocycles. The van der Waals surface area contributed by atoms with Gasteiger partial charge >= 0.3 is 0 Å². The van der Waals surface area contributed by atoms with Gasteiger partial charge in [0.15, 0.2) is 6.29 Å². The fraction of sp³-hybridized carbons (Fsp3) is 0.714. The SMILES string of the molecule is C=CCOC(C)OCC. The highest BCUT2D eigenvalue weighted by molar-refractivity contribution is 4.63. The van der Waals surface area contributed by atoms with Gasteiger partial charge in [-0.1, -0.05) is 6.08 Å². The zero-order valence-electron chi connectivity index (χ0n) is 6.09. The zero-order chi connectivity index (χ0) is 7.11. The van der Waals surface area contributed by atoms with Crippen LogP contribution in [0, 0.1) is 0 Å². The third-order valence-corrected chi connectivity index (χ3v) is 0.850. The van der Waals surface area contributed by atoms with Gasteiger partial charge in [0.25, 0.3) is 0 Å². The Bertz CT molecular complexity index is 71.3. The Labute approximate surface area is 56.5 Å². The molecule has 9 heavy (non-hydrogen) atoms. The maximum absolute atomic E-state index is 5.09. The quantitative estimate of drug-likeness (QED) is 0.415. The molecule has 0 heterocycles. The van der Waals surface area contributed by atoms with E-state index in [-0.39, 0.29) is 6.29 Å². The average molecular weight is 130 g/mol. The molecular weight excluding hydrogens is 116 g/mol. The highest BCUT2D eigenvalue weighted by Crippen LogP contribution is 1.91. The number of hydrogen-bond acceptors (Lipinski definition) is 2. The number of hydrogen-bond donors (Lipinski definition) is 0. The van der Waals surface area contributed by atoms with Crippen LogP contribution in [0.15, 0.2) is 12.7 Å². The Hall–Kier alpha value is -0.340. The van der Waals surface area contributed by atoms with E-state index in [9.17, 15) is 0 Å². The van der Waals surface area contributed by atoms with Crippen LogP contribution in [0.2, 0.25) is 0 Å². The van der Waals surface area contributed by atoms with Gasteiger partial charge in [0.05, 0.1) is 6.61 Å². The predicted octanol–water partition coefficient (Wildman–Crippen LogP) is 1.57. The van der Waals surface area contributed by atoms with Crippen LogP contribution in [0.5, 0.6) is 0 Å². The van der Waals surface area contributed by atoms with Gasteiger partial charge in [-0.25, -0.2) is 0 Å². The molecular formula is C7H14O2. The number of ether oxygens (including phenoxy) is 2. The van der Waals surface area contributed by atoms with Gasteiger partial charge in [-0.2, -0.15) is 0 Å². The molecule has 2 nitrogen and oxygen atoms in total. The summed E-state index contributed by atoms with van der Waals surface area (Å²) in [5.74, 6) is 0. The normalized spacial score (nSPS) is 13.1. The van der Waals surface area contributed by atoms with Crippen molar-refractivity contribution in [2.24, 2.45) is 0 Å². The van der Waals surface area contributed by atoms with Crippen molar-refractivity contribution in [2.75, 3.05) is 13.2 Å². The molecule has 0 aliphatic heterocycles. The maximum Gasteiger partial charge on any atom is 0.155 e. The van der Waals surface area contributed by atoms with E-state index < -0.39 is 0 Å². The fourth-order valence-corrected chi connectivity index (χ4v) is 0.486.